The maximum Gasteiger partial charge on any atom is 0.0966 e. The van der Waals surface area contributed by atoms with Crippen LogP contribution in [0.3, 0.4) is 0 Å². The maximum absolute atomic E-state index is 9.07. The lowest BCUT2D eigenvalue weighted by Gasteiger charge is -2.35. The van der Waals surface area contributed by atoms with E-state index >= 15 is 0 Å². The molecule has 1 N–H and O–H groups in total. The van der Waals surface area contributed by atoms with E-state index < -0.39 is 0 Å². The number of halogens is 1. The van der Waals surface area contributed by atoms with Gasteiger partial charge in [-0.05, 0) is 71.2 Å². The summed E-state index contributed by atoms with van der Waals surface area (Å²) >= 11 is 9.82. The molecule has 0 radical (unpaired) electrons. The van der Waals surface area contributed by atoms with Crippen LogP contribution in [0.15, 0.2) is 28.3 Å². The van der Waals surface area contributed by atoms with E-state index in [-0.39, 0.29) is 6.61 Å². The minimum atomic E-state index is 0.259. The lowest BCUT2D eigenvalue weighted by atomic mass is 9.78. The van der Waals surface area contributed by atoms with E-state index in [0.717, 1.165) is 24.0 Å². The number of aliphatic hydroxyl groups is 1. The third-order valence-corrected chi connectivity index (χ3v) is 6.31. The van der Waals surface area contributed by atoms with Gasteiger partial charge in [0.25, 0.3) is 0 Å². The number of rotatable bonds is 5. The van der Waals surface area contributed by atoms with Crippen LogP contribution in [-0.4, -0.2) is 36.2 Å². The van der Waals surface area contributed by atoms with Gasteiger partial charge in [-0.15, -0.1) is 11.3 Å². The van der Waals surface area contributed by atoms with Crippen LogP contribution < -0.4 is 0 Å². The topological polar surface area (TPSA) is 23.5 Å². The van der Waals surface area contributed by atoms with Gasteiger partial charge in [0.15, 0.2) is 0 Å². The summed E-state index contributed by atoms with van der Waals surface area (Å²) in [5.41, 5.74) is 2.70. The first-order valence-corrected chi connectivity index (χ1v) is 9.58. The molecule has 0 aromatic carbocycles. The lowest BCUT2D eigenvalue weighted by molar-refractivity contribution is 0.142. The minimum Gasteiger partial charge on any atom is -0.395 e. The van der Waals surface area contributed by atoms with Gasteiger partial charge < -0.3 is 10.0 Å². The summed E-state index contributed by atoms with van der Waals surface area (Å²) in [6.45, 7) is 3.21. The van der Waals surface area contributed by atoms with E-state index in [4.69, 9.17) is 16.7 Å². The monoisotopic (exact) mass is 341 g/mol. The Balaban J connectivity index is 1.80. The van der Waals surface area contributed by atoms with Crippen LogP contribution in [0.1, 0.15) is 29.9 Å². The first-order valence-electron chi connectivity index (χ1n) is 7.37. The second kappa shape index (κ2) is 7.25. The number of nitrogens with zero attached hydrogens (tertiary/aromatic N) is 1. The average molecular weight is 342 g/mol. The number of hydrogen-bond donors (Lipinski definition) is 1. The standard InChI is InChI=1S/C16H20ClNOS2/c17-16-14(4-10-21-16)15(13-3-9-20-11-13)12-1-5-18(6-2-12)7-8-19/h3-4,9-12,15,19H,1-2,5-8H2. The highest BCUT2D eigenvalue weighted by Crippen LogP contribution is 2.43. The van der Waals surface area contributed by atoms with E-state index in [1.54, 1.807) is 22.7 Å². The molecule has 1 atom stereocenters. The van der Waals surface area contributed by atoms with E-state index in [0.29, 0.717) is 11.8 Å². The number of thiophene rings is 2. The SMILES string of the molecule is OCCN1CCC(C(c2ccsc2)c2ccsc2Cl)CC1. The maximum atomic E-state index is 9.07. The van der Waals surface area contributed by atoms with Crippen molar-refractivity contribution >= 4 is 34.3 Å². The highest BCUT2D eigenvalue weighted by molar-refractivity contribution is 7.14. The first kappa shape index (κ1) is 15.5. The number of likely N-dealkylation sites (tertiary alicyclic amines) is 1. The van der Waals surface area contributed by atoms with Crippen molar-refractivity contribution in [3.8, 4) is 0 Å². The van der Waals surface area contributed by atoms with Crippen LogP contribution in [0.2, 0.25) is 4.34 Å². The van der Waals surface area contributed by atoms with Crippen molar-refractivity contribution in [2.75, 3.05) is 26.2 Å². The van der Waals surface area contributed by atoms with Gasteiger partial charge in [-0.3, -0.25) is 0 Å². The molecular formula is C16H20ClNOS2. The Bertz CT molecular complexity index is 546. The number of β-amino-alcohol motifs (C(OH)–C–C–N with tert-alkyl or cyclic N) is 1. The Morgan fingerprint density at radius 1 is 1.29 bits per heavy atom. The fraction of sp³-hybridized carbons (Fsp3) is 0.500. The molecule has 0 bridgehead atoms. The summed E-state index contributed by atoms with van der Waals surface area (Å²) in [7, 11) is 0. The smallest absolute Gasteiger partial charge is 0.0966 e. The van der Waals surface area contributed by atoms with Gasteiger partial charge in [-0.2, -0.15) is 11.3 Å². The van der Waals surface area contributed by atoms with E-state index in [2.05, 4.69) is 33.2 Å². The van der Waals surface area contributed by atoms with Crippen molar-refractivity contribution < 1.29 is 5.11 Å². The van der Waals surface area contributed by atoms with Crippen LogP contribution in [0.25, 0.3) is 0 Å². The molecule has 0 spiro atoms. The fourth-order valence-electron chi connectivity index (χ4n) is 3.34. The van der Waals surface area contributed by atoms with Crippen molar-refractivity contribution in [1.82, 2.24) is 4.90 Å². The zero-order chi connectivity index (χ0) is 14.7. The molecule has 114 valence electrons. The van der Waals surface area contributed by atoms with Gasteiger partial charge >= 0.3 is 0 Å². The molecule has 21 heavy (non-hydrogen) atoms. The largest absolute Gasteiger partial charge is 0.395 e. The molecule has 0 amide bonds. The van der Waals surface area contributed by atoms with Gasteiger partial charge in [0.2, 0.25) is 0 Å². The molecule has 0 saturated carbocycles. The van der Waals surface area contributed by atoms with Crippen LogP contribution in [0.5, 0.6) is 0 Å². The van der Waals surface area contributed by atoms with Gasteiger partial charge in [0.1, 0.15) is 0 Å². The number of aliphatic hydroxyl groups excluding tert-OH is 1. The van der Waals surface area contributed by atoms with Crippen LogP contribution in [0.4, 0.5) is 0 Å². The third kappa shape index (κ3) is 3.51. The van der Waals surface area contributed by atoms with E-state index in [1.165, 1.54) is 24.0 Å². The lowest BCUT2D eigenvalue weighted by Crippen LogP contribution is -2.37. The molecule has 5 heteroatoms. The molecular weight excluding hydrogens is 322 g/mol. The Morgan fingerprint density at radius 3 is 2.67 bits per heavy atom. The Hall–Kier alpha value is -0.390. The van der Waals surface area contributed by atoms with Crippen molar-refractivity contribution in [1.29, 1.82) is 0 Å². The highest BCUT2D eigenvalue weighted by Gasteiger charge is 2.30. The van der Waals surface area contributed by atoms with Gasteiger partial charge in [-0.1, -0.05) is 11.6 Å². The molecule has 1 aliphatic rings. The molecule has 1 aliphatic heterocycles. The normalized spacial score (nSPS) is 19.0. The Morgan fingerprint density at radius 2 is 2.10 bits per heavy atom. The van der Waals surface area contributed by atoms with Crippen molar-refractivity contribution in [2.45, 2.75) is 18.8 Å². The van der Waals surface area contributed by atoms with Gasteiger partial charge in [0.05, 0.1) is 10.9 Å². The molecule has 0 aliphatic carbocycles. The molecule has 2 nitrogen and oxygen atoms in total. The van der Waals surface area contributed by atoms with Gasteiger partial charge in [0, 0.05) is 12.5 Å². The van der Waals surface area contributed by atoms with Gasteiger partial charge in [-0.25, -0.2) is 0 Å². The first-order chi connectivity index (χ1) is 10.3. The summed E-state index contributed by atoms with van der Waals surface area (Å²) in [5.74, 6) is 1.06. The zero-order valence-electron chi connectivity index (χ0n) is 11.9. The molecule has 1 unspecified atom stereocenters. The Labute approximate surface area is 139 Å². The molecule has 1 saturated heterocycles. The summed E-state index contributed by atoms with van der Waals surface area (Å²) in [4.78, 5) is 2.36. The zero-order valence-corrected chi connectivity index (χ0v) is 14.3. The summed E-state index contributed by atoms with van der Waals surface area (Å²) < 4.78 is 0.934. The van der Waals surface area contributed by atoms with Crippen LogP contribution >= 0.6 is 34.3 Å². The van der Waals surface area contributed by atoms with E-state index in [1.807, 2.05) is 0 Å². The highest BCUT2D eigenvalue weighted by atomic mass is 35.5. The Kier molecular flexibility index (Phi) is 5.35. The fourth-order valence-corrected chi connectivity index (χ4v) is 5.03. The van der Waals surface area contributed by atoms with Crippen molar-refractivity contribution in [2.24, 2.45) is 5.92 Å². The second-order valence-electron chi connectivity index (χ2n) is 5.59. The summed E-state index contributed by atoms with van der Waals surface area (Å²) in [6.07, 6.45) is 2.35. The predicted molar refractivity (Wildman–Crippen MR) is 91.7 cm³/mol. The van der Waals surface area contributed by atoms with Crippen molar-refractivity contribution in [3.63, 3.8) is 0 Å². The molecule has 1 fully saturated rings. The molecule has 2 aromatic rings. The summed E-state index contributed by atoms with van der Waals surface area (Å²) in [5, 5.41) is 15.6. The van der Waals surface area contributed by atoms with E-state index in [9.17, 15) is 0 Å². The number of piperidine rings is 1. The third-order valence-electron chi connectivity index (χ3n) is 4.40. The molecule has 2 aromatic heterocycles. The summed E-state index contributed by atoms with van der Waals surface area (Å²) in [6, 6.07) is 4.43. The average Bonchev–Trinajstić information content (AvgIpc) is 3.15. The predicted octanol–water partition coefficient (Wildman–Crippen LogP) is 4.30. The number of hydrogen-bond acceptors (Lipinski definition) is 4. The quantitative estimate of drug-likeness (QED) is 0.876. The second-order valence-corrected chi connectivity index (χ2v) is 7.88. The van der Waals surface area contributed by atoms with Crippen molar-refractivity contribution in [3.05, 3.63) is 43.7 Å². The minimum absolute atomic E-state index is 0.259. The molecule has 3 rings (SSSR count). The molecule has 3 heterocycles. The van der Waals surface area contributed by atoms with Crippen LogP contribution in [-0.2, 0) is 0 Å². The van der Waals surface area contributed by atoms with Crippen LogP contribution in [0, 0.1) is 5.92 Å².